The van der Waals surface area contributed by atoms with E-state index >= 15 is 0 Å². The first kappa shape index (κ1) is 75.8. The second kappa shape index (κ2) is 33.5. The first-order valence-corrected chi connectivity index (χ1v) is 36.0. The lowest BCUT2D eigenvalue weighted by Crippen LogP contribution is -2.25. The van der Waals surface area contributed by atoms with Crippen molar-refractivity contribution in [2.24, 2.45) is 41.8 Å². The number of hydrogen-bond acceptors (Lipinski definition) is 14. The van der Waals surface area contributed by atoms with Crippen molar-refractivity contribution in [2.75, 3.05) is 7.11 Å². The molecule has 103 heavy (non-hydrogen) atoms. The van der Waals surface area contributed by atoms with Gasteiger partial charge in [-0.3, -0.25) is 18.8 Å². The van der Waals surface area contributed by atoms with Gasteiger partial charge in [0.2, 0.25) is 0 Å². The predicted molar refractivity (Wildman–Crippen MR) is 429 cm³/mol. The molecule has 0 fully saturated rings. The number of fused-ring (bicyclic) bond motifs is 5. The van der Waals surface area contributed by atoms with Crippen LogP contribution in [0.3, 0.4) is 0 Å². The standard InChI is InChI=1S/C21H21N3O3.C19H18BrN3O.C11H7BrClNO.C11H8BrNO.C11H7BrO.C8H12N2/c1-13-11-19(24(3)22-13)21(2)12-18(23-27-21)16-9-10-17(20(25)26-4)15-8-6-5-7-14(15)16;1-12-10-18(23(3)21-12)19(2)11-17(22-24-19)15-8-9-16(20)14-7-5-4-6-13(14)15;12-10-6-5-9(11(13)14-15)7-3-1-2-4-8(7)10;12-11-6-5-8(7-13-14)9-3-1-2-4-10(9)11;12-11-6-5-8(7-13)9-3-1-2-4-10(9)11;1-6(2)8-5-7(3)9-10(8)4/h5-11H,12H2,1-4H3;4-10H,11H2,1-3H3;1-6,15H;1-7,14H;1-7H;5H,1H2,2-4H3/b;;14-11-;13-7+;;. The lowest BCUT2D eigenvalue weighted by Gasteiger charge is -2.21. The van der Waals surface area contributed by atoms with Crippen LogP contribution in [0.1, 0.15) is 111 Å². The Labute approximate surface area is 635 Å². The van der Waals surface area contributed by atoms with Gasteiger partial charge >= 0.3 is 5.97 Å². The third kappa shape index (κ3) is 17.1. The highest BCUT2D eigenvalue weighted by Crippen LogP contribution is 2.41. The summed E-state index contributed by atoms with van der Waals surface area (Å²) in [5.41, 5.74) is 12.9. The Morgan fingerprint density at radius 3 is 1.29 bits per heavy atom. The fourth-order valence-electron chi connectivity index (χ4n) is 12.6. The molecule has 0 bridgehead atoms. The van der Waals surface area contributed by atoms with Crippen molar-refractivity contribution in [3.63, 3.8) is 0 Å². The average Bonchev–Trinajstić information content (AvgIpc) is 1.65. The summed E-state index contributed by atoms with van der Waals surface area (Å²) < 4.78 is 14.6. The number of oxime groups is 4. The molecule has 2 N–H and O–H groups in total. The fourth-order valence-corrected chi connectivity index (χ4v) is 14.6. The Balaban J connectivity index is 0.000000137. The van der Waals surface area contributed by atoms with Gasteiger partial charge in [-0.25, -0.2) is 4.79 Å². The van der Waals surface area contributed by atoms with Crippen LogP contribution in [-0.2, 0) is 46.8 Å². The van der Waals surface area contributed by atoms with E-state index < -0.39 is 11.2 Å². The average molecular weight is 1650 g/mol. The van der Waals surface area contributed by atoms with Crippen LogP contribution < -0.4 is 0 Å². The largest absolute Gasteiger partial charge is 0.465 e. The summed E-state index contributed by atoms with van der Waals surface area (Å²) in [4.78, 5) is 34.6. The van der Waals surface area contributed by atoms with Gasteiger partial charge < -0.3 is 24.8 Å². The summed E-state index contributed by atoms with van der Waals surface area (Å²) in [6.45, 7) is 15.8. The molecule has 17 nitrogen and oxygen atoms in total. The molecule has 0 saturated heterocycles. The molecular weight excluding hydrogens is 1580 g/mol. The van der Waals surface area contributed by atoms with Gasteiger partial charge in [0.25, 0.3) is 0 Å². The maximum atomic E-state index is 12.1. The molecule has 0 radical (unpaired) electrons. The number of carbonyl (C=O) groups is 2. The van der Waals surface area contributed by atoms with Gasteiger partial charge in [0.05, 0.1) is 64.5 Å². The molecule has 0 spiro atoms. The topological polar surface area (TPSA) is 205 Å². The number of aryl methyl sites for hydroxylation is 6. The molecule has 2 atom stereocenters. The SMILES string of the molecule is C=C(C)c1cc(C)nn1C.COC(=O)c1ccc(C2=NOC(C)(c3cc(C)nn3C)C2)c2ccccc12.Cc1cc(C2(C)CC(c3ccc(Br)c4ccccc34)=NO2)n(C)n1.O/N=C(\Cl)c1ccc(Br)c2ccccc12.O/N=C/c1ccc(Br)c2ccccc12.O=Cc1ccc(Br)c2ccccc12. The van der Waals surface area contributed by atoms with E-state index in [4.69, 9.17) is 36.4 Å². The summed E-state index contributed by atoms with van der Waals surface area (Å²) in [6.07, 6.45) is 3.66. The van der Waals surface area contributed by atoms with Crippen LogP contribution in [0.4, 0.5) is 0 Å². The van der Waals surface area contributed by atoms with Gasteiger partial charge in [-0.05, 0) is 162 Å². The summed E-state index contributed by atoms with van der Waals surface area (Å²) in [7, 11) is 7.18. The van der Waals surface area contributed by atoms with Crippen LogP contribution in [-0.4, -0.2) is 81.9 Å². The summed E-state index contributed by atoms with van der Waals surface area (Å²) in [5.74, 6) is -0.349. The molecule has 2 unspecified atom stereocenters. The number of aromatic nitrogens is 6. The summed E-state index contributed by atoms with van der Waals surface area (Å²) in [6, 6.07) is 64.9. The number of nitrogens with zero attached hydrogens (tertiary/aromatic N) is 10. The van der Waals surface area contributed by atoms with Crippen molar-refractivity contribution < 1.29 is 34.4 Å². The predicted octanol–water partition coefficient (Wildman–Crippen LogP) is 21.0. The smallest absolute Gasteiger partial charge is 0.338 e. The second-order valence-electron chi connectivity index (χ2n) is 24.8. The number of halogens is 5. The number of esters is 1. The quantitative estimate of drug-likeness (QED) is 0.0460. The van der Waals surface area contributed by atoms with Crippen LogP contribution in [0.2, 0.25) is 0 Å². The lowest BCUT2D eigenvalue weighted by molar-refractivity contribution is -0.0137. The minimum absolute atomic E-state index is 0.0960. The van der Waals surface area contributed by atoms with E-state index in [9.17, 15) is 9.59 Å². The van der Waals surface area contributed by atoms with Crippen LogP contribution in [0.5, 0.6) is 0 Å². The molecule has 3 aromatic heterocycles. The number of allylic oxidation sites excluding steroid dienone is 1. The maximum absolute atomic E-state index is 12.1. The normalized spacial score (nSPS) is 15.2. The Morgan fingerprint density at radius 2 is 0.883 bits per heavy atom. The first-order valence-electron chi connectivity index (χ1n) is 32.4. The van der Waals surface area contributed by atoms with Gasteiger partial charge in [0.1, 0.15) is 0 Å². The molecular formula is C81H73Br4ClN10O7. The zero-order valence-corrected chi connectivity index (χ0v) is 65.2. The molecule has 0 aliphatic carbocycles. The third-order valence-electron chi connectivity index (χ3n) is 17.4. The molecule has 15 rings (SSSR count). The summed E-state index contributed by atoms with van der Waals surface area (Å²) in [5, 5.41) is 55.6. The molecule has 5 heterocycles. The Hall–Kier alpha value is -9.90. The Kier molecular flexibility index (Phi) is 24.6. The van der Waals surface area contributed by atoms with Crippen molar-refractivity contribution in [2.45, 2.75) is 65.6 Å². The van der Waals surface area contributed by atoms with Crippen LogP contribution >= 0.6 is 75.3 Å². The number of ether oxygens (including phenoxy) is 1. The van der Waals surface area contributed by atoms with Crippen LogP contribution in [0, 0.1) is 20.8 Å². The van der Waals surface area contributed by atoms with Crippen LogP contribution in [0.25, 0.3) is 59.4 Å². The molecule has 2 aliphatic heterocycles. The molecule has 0 amide bonds. The molecule has 2 aliphatic rings. The highest BCUT2D eigenvalue weighted by Gasteiger charge is 2.41. The molecule has 22 heteroatoms. The van der Waals surface area contributed by atoms with E-state index in [1.807, 2.05) is 228 Å². The third-order valence-corrected chi connectivity index (χ3v) is 20.4. The van der Waals surface area contributed by atoms with E-state index in [2.05, 4.69) is 150 Å². The molecule has 0 saturated carbocycles. The number of rotatable bonds is 9. The van der Waals surface area contributed by atoms with E-state index in [0.29, 0.717) is 12.0 Å². The van der Waals surface area contributed by atoms with Crippen molar-refractivity contribution in [1.29, 1.82) is 0 Å². The van der Waals surface area contributed by atoms with Crippen molar-refractivity contribution >= 4 is 170 Å². The number of carbonyl (C=O) groups excluding carboxylic acids is 2. The van der Waals surface area contributed by atoms with Crippen molar-refractivity contribution in [3.05, 3.63) is 292 Å². The highest BCUT2D eigenvalue weighted by molar-refractivity contribution is 9.11. The highest BCUT2D eigenvalue weighted by atomic mass is 79.9. The molecule has 524 valence electrons. The lowest BCUT2D eigenvalue weighted by atomic mass is 9.89. The fraction of sp³-hybridized carbons (Fsp3) is 0.173. The number of methoxy groups -OCH3 is 1. The van der Waals surface area contributed by atoms with Crippen molar-refractivity contribution in [3.8, 4) is 0 Å². The van der Waals surface area contributed by atoms with E-state index in [-0.39, 0.29) is 11.1 Å². The zero-order valence-electron chi connectivity index (χ0n) is 58.1. The van der Waals surface area contributed by atoms with Gasteiger partial charge in [-0.15, -0.1) is 0 Å². The first-order chi connectivity index (χ1) is 49.4. The van der Waals surface area contributed by atoms with Crippen LogP contribution in [0.15, 0.2) is 245 Å². The van der Waals surface area contributed by atoms with Gasteiger partial charge in [-0.1, -0.05) is 242 Å². The monoisotopic (exact) mass is 1650 g/mol. The van der Waals surface area contributed by atoms with E-state index in [1.165, 1.54) is 24.1 Å². The maximum Gasteiger partial charge on any atom is 0.338 e. The Morgan fingerprint density at radius 1 is 0.524 bits per heavy atom. The minimum Gasteiger partial charge on any atom is -0.465 e. The number of aldehydes is 1. The molecule has 13 aromatic rings. The second-order valence-corrected chi connectivity index (χ2v) is 28.6. The number of hydrogen-bond donors (Lipinski definition) is 2. The minimum atomic E-state index is -0.576. The van der Waals surface area contributed by atoms with E-state index in [0.717, 1.165) is 153 Å². The van der Waals surface area contributed by atoms with Crippen molar-refractivity contribution in [1.82, 2.24) is 29.3 Å². The van der Waals surface area contributed by atoms with Gasteiger partial charge in [-0.2, -0.15) is 15.3 Å². The molecule has 10 aromatic carbocycles. The summed E-state index contributed by atoms with van der Waals surface area (Å²) >= 11 is 19.8. The Bertz CT molecular complexity index is 5490. The van der Waals surface area contributed by atoms with Gasteiger partial charge in [0.15, 0.2) is 22.7 Å². The number of benzene rings is 10. The van der Waals surface area contributed by atoms with E-state index in [1.54, 1.807) is 6.07 Å². The van der Waals surface area contributed by atoms with Gasteiger partial charge in [0, 0.05) is 79.7 Å². The zero-order chi connectivity index (χ0) is 73.9.